The maximum Gasteiger partial charge on any atom is 0.303 e. The van der Waals surface area contributed by atoms with E-state index in [0.717, 1.165) is 51.4 Å². The van der Waals surface area contributed by atoms with Gasteiger partial charge in [0.15, 0.2) is 0 Å². The van der Waals surface area contributed by atoms with E-state index >= 15 is 0 Å². The second kappa shape index (κ2) is 11.5. The van der Waals surface area contributed by atoms with Gasteiger partial charge in [-0.05, 0) is 57.3 Å². The Kier molecular flexibility index (Phi) is 10.1. The lowest BCUT2D eigenvalue weighted by Crippen LogP contribution is -2.22. The van der Waals surface area contributed by atoms with Crippen LogP contribution in [-0.2, 0) is 4.79 Å². The van der Waals surface area contributed by atoms with Gasteiger partial charge in [0, 0.05) is 6.42 Å². The summed E-state index contributed by atoms with van der Waals surface area (Å²) in [6.45, 7) is 4.02. The summed E-state index contributed by atoms with van der Waals surface area (Å²) in [5.74, 6) is -0.223. The zero-order valence-electron chi connectivity index (χ0n) is 15.9. The summed E-state index contributed by atoms with van der Waals surface area (Å²) in [5.41, 5.74) is -0.760. The molecule has 0 heterocycles. The molecule has 0 amide bonds. The number of aliphatic hydroxyl groups is 2. The van der Waals surface area contributed by atoms with Crippen molar-refractivity contribution in [1.29, 1.82) is 0 Å². The van der Waals surface area contributed by atoms with Crippen LogP contribution in [0.5, 0.6) is 0 Å². The van der Waals surface area contributed by atoms with Crippen molar-refractivity contribution < 1.29 is 20.1 Å². The van der Waals surface area contributed by atoms with Gasteiger partial charge in [-0.25, -0.2) is 0 Å². The first-order chi connectivity index (χ1) is 11.9. The second-order valence-corrected chi connectivity index (χ2v) is 7.63. The number of hydrogen-bond donors (Lipinski definition) is 3. The highest BCUT2D eigenvalue weighted by Crippen LogP contribution is 2.37. The van der Waals surface area contributed by atoms with Crippen LogP contribution in [0.3, 0.4) is 0 Å². The molecule has 1 fully saturated rings. The largest absolute Gasteiger partial charge is 0.481 e. The van der Waals surface area contributed by atoms with E-state index < -0.39 is 11.6 Å². The average molecular weight is 353 g/mol. The van der Waals surface area contributed by atoms with Gasteiger partial charge < -0.3 is 15.3 Å². The summed E-state index contributed by atoms with van der Waals surface area (Å²) in [6.07, 6.45) is 16.1. The molecule has 2 unspecified atom stereocenters. The maximum atomic E-state index is 10.5. The Hall–Kier alpha value is -1.13. The molecular formula is C21H36O4. The molecule has 1 saturated carbocycles. The fourth-order valence-electron chi connectivity index (χ4n) is 3.60. The van der Waals surface area contributed by atoms with Gasteiger partial charge in [0.25, 0.3) is 0 Å². The minimum atomic E-state index is -0.771. The van der Waals surface area contributed by atoms with E-state index in [0.29, 0.717) is 12.3 Å². The number of unbranched alkanes of at least 4 members (excludes halogenated alkanes) is 2. The number of carboxylic acid groups (broad SMARTS) is 1. The Balaban J connectivity index is 2.44. The molecule has 1 rings (SSSR count). The van der Waals surface area contributed by atoms with Gasteiger partial charge in [-0.2, -0.15) is 0 Å². The van der Waals surface area contributed by atoms with Crippen LogP contribution in [0.4, 0.5) is 0 Å². The predicted molar refractivity (Wildman–Crippen MR) is 101 cm³/mol. The number of aliphatic hydroxyl groups excluding tert-OH is 1. The molecule has 0 spiro atoms. The molecule has 0 aromatic rings. The number of hydrogen-bond acceptors (Lipinski definition) is 3. The minimum absolute atomic E-state index is 0.168. The van der Waals surface area contributed by atoms with E-state index in [1.807, 2.05) is 25.2 Å². The molecule has 3 N–H and O–H groups in total. The highest BCUT2D eigenvalue weighted by molar-refractivity contribution is 5.66. The van der Waals surface area contributed by atoms with Crippen molar-refractivity contribution >= 4 is 5.97 Å². The van der Waals surface area contributed by atoms with Crippen molar-refractivity contribution in [3.05, 3.63) is 24.3 Å². The first-order valence-electron chi connectivity index (χ1n) is 9.82. The molecular weight excluding hydrogens is 316 g/mol. The van der Waals surface area contributed by atoms with Crippen LogP contribution in [0.2, 0.25) is 0 Å². The van der Waals surface area contributed by atoms with Crippen LogP contribution in [0.1, 0.15) is 78.1 Å². The maximum absolute atomic E-state index is 10.5. The molecule has 0 aromatic heterocycles. The van der Waals surface area contributed by atoms with Gasteiger partial charge in [0.05, 0.1) is 11.7 Å². The standard InChI is InChI=1S/C21H36O4/c1-3-4-9-15-21(2,25)16-14-17-12-13-19(22)18(17)10-7-5-6-8-11-20(23)24/h5-6,14,16-19,22,25H,3-4,7-13,15H2,1-2H3,(H,23,24)/t17?,18-,19+,21?/m1/s1. The third-order valence-electron chi connectivity index (χ3n) is 5.19. The number of carbonyl (C=O) groups is 1. The molecule has 0 bridgehead atoms. The Morgan fingerprint density at radius 3 is 2.60 bits per heavy atom. The number of aliphatic carboxylic acids is 1. The van der Waals surface area contributed by atoms with Gasteiger partial charge in [-0.15, -0.1) is 0 Å². The number of carboxylic acids is 1. The molecule has 4 heteroatoms. The van der Waals surface area contributed by atoms with Gasteiger partial charge >= 0.3 is 5.97 Å². The highest BCUT2D eigenvalue weighted by Gasteiger charge is 2.33. The summed E-state index contributed by atoms with van der Waals surface area (Å²) in [5, 5.41) is 29.3. The van der Waals surface area contributed by atoms with Crippen molar-refractivity contribution in [2.24, 2.45) is 11.8 Å². The van der Waals surface area contributed by atoms with Crippen molar-refractivity contribution in [2.75, 3.05) is 0 Å². The predicted octanol–water partition coefficient (Wildman–Crippen LogP) is 4.46. The smallest absolute Gasteiger partial charge is 0.303 e. The quantitative estimate of drug-likeness (QED) is 0.358. The van der Waals surface area contributed by atoms with E-state index in [9.17, 15) is 15.0 Å². The van der Waals surface area contributed by atoms with Crippen LogP contribution in [0, 0.1) is 11.8 Å². The minimum Gasteiger partial charge on any atom is -0.481 e. The normalized spacial score (nSPS) is 26.5. The monoisotopic (exact) mass is 352 g/mol. The first-order valence-corrected chi connectivity index (χ1v) is 9.82. The molecule has 25 heavy (non-hydrogen) atoms. The fraction of sp³-hybridized carbons (Fsp3) is 0.762. The lowest BCUT2D eigenvalue weighted by Gasteiger charge is -2.22. The Morgan fingerprint density at radius 2 is 1.92 bits per heavy atom. The van der Waals surface area contributed by atoms with Crippen LogP contribution < -0.4 is 0 Å². The van der Waals surface area contributed by atoms with Crippen molar-refractivity contribution in [3.8, 4) is 0 Å². The molecule has 0 aliphatic heterocycles. The lowest BCUT2D eigenvalue weighted by atomic mass is 9.88. The van der Waals surface area contributed by atoms with Crippen LogP contribution in [0.15, 0.2) is 24.3 Å². The highest BCUT2D eigenvalue weighted by atomic mass is 16.4. The molecule has 0 aromatic carbocycles. The van der Waals surface area contributed by atoms with Gasteiger partial charge in [0.2, 0.25) is 0 Å². The summed E-state index contributed by atoms with van der Waals surface area (Å²) in [4.78, 5) is 10.5. The topological polar surface area (TPSA) is 77.8 Å². The molecule has 144 valence electrons. The number of allylic oxidation sites excluding steroid dienone is 3. The van der Waals surface area contributed by atoms with Crippen molar-refractivity contribution in [1.82, 2.24) is 0 Å². The summed E-state index contributed by atoms with van der Waals surface area (Å²) < 4.78 is 0. The Labute approximate surface area is 152 Å². The van der Waals surface area contributed by atoms with Crippen molar-refractivity contribution in [3.63, 3.8) is 0 Å². The van der Waals surface area contributed by atoms with E-state index in [1.54, 1.807) is 0 Å². The molecule has 0 saturated heterocycles. The first kappa shape index (κ1) is 21.9. The summed E-state index contributed by atoms with van der Waals surface area (Å²) >= 11 is 0. The zero-order valence-corrected chi connectivity index (χ0v) is 15.9. The fourth-order valence-corrected chi connectivity index (χ4v) is 3.60. The zero-order chi connectivity index (χ0) is 18.7. The number of rotatable bonds is 12. The summed E-state index contributed by atoms with van der Waals surface area (Å²) in [7, 11) is 0. The van der Waals surface area contributed by atoms with E-state index in [4.69, 9.17) is 5.11 Å². The van der Waals surface area contributed by atoms with E-state index in [2.05, 4.69) is 13.0 Å². The molecule has 4 nitrogen and oxygen atoms in total. The van der Waals surface area contributed by atoms with Gasteiger partial charge in [0.1, 0.15) is 0 Å². The Morgan fingerprint density at radius 1 is 1.20 bits per heavy atom. The third kappa shape index (κ3) is 9.22. The second-order valence-electron chi connectivity index (χ2n) is 7.63. The lowest BCUT2D eigenvalue weighted by molar-refractivity contribution is -0.136. The van der Waals surface area contributed by atoms with Crippen molar-refractivity contribution in [2.45, 2.75) is 89.8 Å². The molecule has 1 aliphatic carbocycles. The van der Waals surface area contributed by atoms with Gasteiger partial charge in [-0.1, -0.05) is 50.5 Å². The van der Waals surface area contributed by atoms with Crippen LogP contribution in [-0.4, -0.2) is 33.0 Å². The average Bonchev–Trinajstić information content (AvgIpc) is 2.89. The molecule has 1 aliphatic rings. The molecule has 0 radical (unpaired) electrons. The van der Waals surface area contributed by atoms with E-state index in [1.165, 1.54) is 0 Å². The van der Waals surface area contributed by atoms with Crippen LogP contribution in [0.25, 0.3) is 0 Å². The Bertz CT molecular complexity index is 439. The molecule has 4 atom stereocenters. The SMILES string of the molecule is CCCCCC(C)(O)C=CC1CC[C@H](O)[C@@H]1CCC=CCCC(=O)O. The van der Waals surface area contributed by atoms with Crippen LogP contribution >= 0.6 is 0 Å². The third-order valence-corrected chi connectivity index (χ3v) is 5.19. The summed E-state index contributed by atoms with van der Waals surface area (Å²) in [6, 6.07) is 0. The van der Waals surface area contributed by atoms with Gasteiger partial charge in [-0.3, -0.25) is 4.79 Å². The van der Waals surface area contributed by atoms with E-state index in [-0.39, 0.29) is 18.4 Å².